The molecule has 1 aromatic heterocycles. The van der Waals surface area contributed by atoms with Gasteiger partial charge in [0.1, 0.15) is 0 Å². The molecule has 0 aromatic carbocycles. The Hall–Kier alpha value is -1.33. The van der Waals surface area contributed by atoms with Crippen LogP contribution in [0.1, 0.15) is 31.3 Å². The third kappa shape index (κ3) is 4.35. The summed E-state index contributed by atoms with van der Waals surface area (Å²) in [5, 5.41) is 0. The lowest BCUT2D eigenvalue weighted by atomic mass is 10.2. The molecule has 1 amide bonds. The average Bonchev–Trinajstić information content (AvgIpc) is 2.91. The van der Waals surface area contributed by atoms with Gasteiger partial charge in [-0.2, -0.15) is 0 Å². The lowest BCUT2D eigenvalue weighted by Crippen LogP contribution is -2.49. The molecule has 2 rings (SSSR count). The van der Waals surface area contributed by atoms with Crippen LogP contribution in [0.15, 0.2) is 22.8 Å². The van der Waals surface area contributed by atoms with Crippen LogP contribution in [0.2, 0.25) is 0 Å². The fraction of sp³-hybridized carbons (Fsp3) is 0.667. The van der Waals surface area contributed by atoms with Gasteiger partial charge in [0.2, 0.25) is 0 Å². The number of rotatable bonds is 4. The fourth-order valence-corrected chi connectivity index (χ4v) is 2.21. The summed E-state index contributed by atoms with van der Waals surface area (Å²) in [7, 11) is 0. The normalized spacial score (nSPS) is 17.4. The van der Waals surface area contributed by atoms with Gasteiger partial charge >= 0.3 is 0 Å². The van der Waals surface area contributed by atoms with E-state index in [1.165, 1.54) is 6.26 Å². The number of furan rings is 1. The van der Waals surface area contributed by atoms with Gasteiger partial charge in [-0.15, -0.1) is 0 Å². The first kappa shape index (κ1) is 15.1. The summed E-state index contributed by atoms with van der Waals surface area (Å²) in [6.07, 6.45) is 1.54. The van der Waals surface area contributed by atoms with Crippen molar-refractivity contribution in [2.45, 2.75) is 26.4 Å². The monoisotopic (exact) mass is 280 g/mol. The highest BCUT2D eigenvalue weighted by Gasteiger charge is 2.23. The molecule has 0 atom stereocenters. The maximum Gasteiger partial charge on any atom is 0.289 e. The number of carbonyl (C=O) groups is 1. The highest BCUT2D eigenvalue weighted by Crippen LogP contribution is 2.10. The number of amides is 1. The quantitative estimate of drug-likeness (QED) is 0.844. The maximum atomic E-state index is 12.1. The number of carbonyl (C=O) groups excluding carboxylic acids is 1. The first-order valence-electron chi connectivity index (χ1n) is 7.15. The summed E-state index contributed by atoms with van der Waals surface area (Å²) in [5.74, 6) is 0.412. The molecule has 1 fully saturated rings. The van der Waals surface area contributed by atoms with Crippen LogP contribution in [0.3, 0.4) is 0 Å². The lowest BCUT2D eigenvalue weighted by molar-refractivity contribution is -0.0171. The summed E-state index contributed by atoms with van der Waals surface area (Å²) in [5.41, 5.74) is -0.0862. The van der Waals surface area contributed by atoms with Crippen LogP contribution < -0.4 is 0 Å². The van der Waals surface area contributed by atoms with Crippen LogP contribution in [-0.4, -0.2) is 60.6 Å². The molecule has 0 bridgehead atoms. The van der Waals surface area contributed by atoms with Crippen LogP contribution in [0.5, 0.6) is 0 Å². The Kier molecular flexibility index (Phi) is 4.83. The number of ether oxygens (including phenoxy) is 1. The second-order valence-corrected chi connectivity index (χ2v) is 6.07. The van der Waals surface area contributed by atoms with Crippen LogP contribution in [0.25, 0.3) is 0 Å². The van der Waals surface area contributed by atoms with Gasteiger partial charge in [0.05, 0.1) is 18.5 Å². The molecule has 0 radical (unpaired) electrons. The van der Waals surface area contributed by atoms with Crippen molar-refractivity contribution in [1.29, 1.82) is 0 Å². The molecule has 0 N–H and O–H groups in total. The van der Waals surface area contributed by atoms with Crippen molar-refractivity contribution in [3.05, 3.63) is 24.2 Å². The Morgan fingerprint density at radius 2 is 2.00 bits per heavy atom. The molecular weight excluding hydrogens is 256 g/mol. The van der Waals surface area contributed by atoms with Gasteiger partial charge in [-0.3, -0.25) is 9.69 Å². The van der Waals surface area contributed by atoms with E-state index in [1.807, 2.05) is 4.90 Å². The molecule has 1 aliphatic rings. The second kappa shape index (κ2) is 6.41. The molecule has 1 aromatic rings. The molecule has 2 heterocycles. The molecule has 0 aliphatic carbocycles. The van der Waals surface area contributed by atoms with E-state index in [0.717, 1.165) is 39.3 Å². The molecule has 5 nitrogen and oxygen atoms in total. The Labute approximate surface area is 120 Å². The van der Waals surface area contributed by atoms with Gasteiger partial charge in [-0.25, -0.2) is 0 Å². The third-order valence-corrected chi connectivity index (χ3v) is 3.33. The van der Waals surface area contributed by atoms with Crippen molar-refractivity contribution in [3.63, 3.8) is 0 Å². The van der Waals surface area contributed by atoms with Gasteiger partial charge < -0.3 is 14.1 Å². The fourth-order valence-electron chi connectivity index (χ4n) is 2.21. The standard InChI is InChI=1S/C15H24N2O3/c1-15(2,3)20-12-10-16-6-8-17(9-7-16)14(18)13-5-4-11-19-13/h4-5,11H,6-10,12H2,1-3H3. The van der Waals surface area contributed by atoms with Gasteiger partial charge in [0.25, 0.3) is 5.91 Å². The summed E-state index contributed by atoms with van der Waals surface area (Å²) in [4.78, 5) is 16.3. The van der Waals surface area contributed by atoms with E-state index < -0.39 is 0 Å². The minimum Gasteiger partial charge on any atom is -0.459 e. The largest absolute Gasteiger partial charge is 0.459 e. The molecule has 20 heavy (non-hydrogen) atoms. The van der Waals surface area contributed by atoms with Crippen molar-refractivity contribution in [1.82, 2.24) is 9.80 Å². The van der Waals surface area contributed by atoms with Gasteiger partial charge in [0.15, 0.2) is 5.76 Å². The van der Waals surface area contributed by atoms with Crippen LogP contribution in [0.4, 0.5) is 0 Å². The average molecular weight is 280 g/mol. The smallest absolute Gasteiger partial charge is 0.289 e. The summed E-state index contributed by atoms with van der Waals surface area (Å²) in [6.45, 7) is 11.1. The van der Waals surface area contributed by atoms with E-state index in [0.29, 0.717) is 5.76 Å². The molecule has 1 saturated heterocycles. The SMILES string of the molecule is CC(C)(C)OCCN1CCN(C(=O)c2ccco2)CC1. The van der Waals surface area contributed by atoms with Crippen LogP contribution in [-0.2, 0) is 4.74 Å². The molecule has 5 heteroatoms. The number of hydrogen-bond acceptors (Lipinski definition) is 4. The lowest BCUT2D eigenvalue weighted by Gasteiger charge is -2.34. The van der Waals surface area contributed by atoms with Crippen molar-refractivity contribution < 1.29 is 13.9 Å². The van der Waals surface area contributed by atoms with E-state index in [-0.39, 0.29) is 11.5 Å². The van der Waals surface area contributed by atoms with Crippen molar-refractivity contribution in [3.8, 4) is 0 Å². The number of nitrogens with zero attached hydrogens (tertiary/aromatic N) is 2. The molecule has 0 unspecified atom stereocenters. The Morgan fingerprint density at radius 3 is 2.55 bits per heavy atom. The summed E-state index contributed by atoms with van der Waals surface area (Å²) in [6, 6.07) is 3.46. The van der Waals surface area contributed by atoms with Gasteiger partial charge in [0, 0.05) is 32.7 Å². The third-order valence-electron chi connectivity index (χ3n) is 3.33. The zero-order chi connectivity index (χ0) is 14.6. The number of piperazine rings is 1. The highest BCUT2D eigenvalue weighted by molar-refractivity contribution is 5.91. The van der Waals surface area contributed by atoms with Crippen LogP contribution in [0, 0.1) is 0 Å². The van der Waals surface area contributed by atoms with Crippen molar-refractivity contribution >= 4 is 5.91 Å². The molecular formula is C15H24N2O3. The van der Waals surface area contributed by atoms with Crippen molar-refractivity contribution in [2.75, 3.05) is 39.3 Å². The predicted molar refractivity (Wildman–Crippen MR) is 76.8 cm³/mol. The summed E-state index contributed by atoms with van der Waals surface area (Å²) >= 11 is 0. The first-order valence-corrected chi connectivity index (χ1v) is 7.15. The van der Waals surface area contributed by atoms with E-state index in [4.69, 9.17) is 9.15 Å². The van der Waals surface area contributed by atoms with Crippen molar-refractivity contribution in [2.24, 2.45) is 0 Å². The molecule has 1 aliphatic heterocycles. The van der Waals surface area contributed by atoms with Gasteiger partial charge in [-0.1, -0.05) is 0 Å². The predicted octanol–water partition coefficient (Wildman–Crippen LogP) is 1.85. The highest BCUT2D eigenvalue weighted by atomic mass is 16.5. The second-order valence-electron chi connectivity index (χ2n) is 6.07. The van der Waals surface area contributed by atoms with E-state index >= 15 is 0 Å². The maximum absolute atomic E-state index is 12.1. The first-order chi connectivity index (χ1) is 9.46. The van der Waals surface area contributed by atoms with E-state index in [2.05, 4.69) is 25.7 Å². The summed E-state index contributed by atoms with van der Waals surface area (Å²) < 4.78 is 10.9. The molecule has 0 spiro atoms. The van der Waals surface area contributed by atoms with Gasteiger partial charge in [-0.05, 0) is 32.9 Å². The topological polar surface area (TPSA) is 45.9 Å². The molecule has 112 valence electrons. The minimum absolute atomic E-state index is 0.0133. The molecule has 0 saturated carbocycles. The zero-order valence-corrected chi connectivity index (χ0v) is 12.6. The number of hydrogen-bond donors (Lipinski definition) is 0. The Bertz CT molecular complexity index is 415. The minimum atomic E-state index is -0.0862. The zero-order valence-electron chi connectivity index (χ0n) is 12.6. The van der Waals surface area contributed by atoms with Crippen LogP contribution >= 0.6 is 0 Å². The Balaban J connectivity index is 1.71. The Morgan fingerprint density at radius 1 is 1.30 bits per heavy atom. The van der Waals surface area contributed by atoms with E-state index in [1.54, 1.807) is 12.1 Å². The van der Waals surface area contributed by atoms with E-state index in [9.17, 15) is 4.79 Å².